The minimum Gasteiger partial charge on any atom is -0.496 e. The van der Waals surface area contributed by atoms with Crippen molar-refractivity contribution in [2.45, 2.75) is 19.3 Å². The highest BCUT2D eigenvalue weighted by molar-refractivity contribution is 6.00. The van der Waals surface area contributed by atoms with Crippen LogP contribution in [0.15, 0.2) is 42.5 Å². The van der Waals surface area contributed by atoms with E-state index in [4.69, 9.17) is 10.00 Å². The predicted molar refractivity (Wildman–Crippen MR) is 96.2 cm³/mol. The molecule has 6 nitrogen and oxygen atoms in total. The summed E-state index contributed by atoms with van der Waals surface area (Å²) in [6, 6.07) is 15.6. The number of fused-ring (bicyclic) bond motifs is 1. The van der Waals surface area contributed by atoms with E-state index >= 15 is 0 Å². The molecule has 1 aromatic heterocycles. The van der Waals surface area contributed by atoms with E-state index in [2.05, 4.69) is 15.5 Å². The van der Waals surface area contributed by atoms with Crippen molar-refractivity contribution in [1.82, 2.24) is 10.2 Å². The van der Waals surface area contributed by atoms with Crippen molar-refractivity contribution in [2.75, 3.05) is 12.4 Å². The van der Waals surface area contributed by atoms with Crippen LogP contribution >= 0.6 is 0 Å². The molecule has 0 saturated heterocycles. The fourth-order valence-electron chi connectivity index (χ4n) is 2.74. The zero-order chi connectivity index (χ0) is 17.6. The third kappa shape index (κ3) is 3.61. The largest absolute Gasteiger partial charge is 0.496 e. The number of unbranched alkanes of at least 4 members (excludes halogenated alkanes) is 1. The van der Waals surface area contributed by atoms with E-state index in [0.717, 1.165) is 27.8 Å². The number of aromatic nitrogens is 2. The Labute approximate surface area is 145 Å². The van der Waals surface area contributed by atoms with Crippen LogP contribution < -0.4 is 10.1 Å². The number of amides is 1. The Kier molecular flexibility index (Phi) is 4.95. The lowest BCUT2D eigenvalue weighted by molar-refractivity contribution is -0.116. The molecule has 0 atom stereocenters. The predicted octanol–water partition coefficient (Wildman–Crippen LogP) is 3.87. The molecular formula is C19H18N4O2. The molecule has 2 N–H and O–H groups in total. The second-order valence-corrected chi connectivity index (χ2v) is 5.59. The minimum absolute atomic E-state index is 0.134. The number of benzene rings is 2. The average Bonchev–Trinajstić information content (AvgIpc) is 3.09. The van der Waals surface area contributed by atoms with Crippen LogP contribution in [0.5, 0.6) is 5.75 Å². The van der Waals surface area contributed by atoms with Gasteiger partial charge in [0, 0.05) is 29.9 Å². The SMILES string of the molecule is COc1ccc(-c2cc(NC(=O)CCCC#N)[nH]n2)c2ccccc12. The van der Waals surface area contributed by atoms with E-state index in [9.17, 15) is 4.79 Å². The first-order valence-corrected chi connectivity index (χ1v) is 8.01. The van der Waals surface area contributed by atoms with Gasteiger partial charge in [-0.05, 0) is 23.9 Å². The van der Waals surface area contributed by atoms with Crippen LogP contribution in [0.1, 0.15) is 19.3 Å². The summed E-state index contributed by atoms with van der Waals surface area (Å²) in [5, 5.41) is 20.5. The van der Waals surface area contributed by atoms with Crippen molar-refractivity contribution in [3.05, 3.63) is 42.5 Å². The van der Waals surface area contributed by atoms with E-state index in [-0.39, 0.29) is 5.91 Å². The molecule has 0 spiro atoms. The quantitative estimate of drug-likeness (QED) is 0.669. The maximum Gasteiger partial charge on any atom is 0.225 e. The summed E-state index contributed by atoms with van der Waals surface area (Å²) in [4.78, 5) is 11.8. The smallest absolute Gasteiger partial charge is 0.225 e. The van der Waals surface area contributed by atoms with Gasteiger partial charge in [0.15, 0.2) is 0 Å². The van der Waals surface area contributed by atoms with E-state index in [1.54, 1.807) is 13.2 Å². The van der Waals surface area contributed by atoms with Crippen molar-refractivity contribution in [1.29, 1.82) is 5.26 Å². The lowest BCUT2D eigenvalue weighted by Crippen LogP contribution is -2.11. The van der Waals surface area contributed by atoms with Crippen molar-refractivity contribution >= 4 is 22.5 Å². The number of carbonyl (C=O) groups excluding carboxylic acids is 1. The van der Waals surface area contributed by atoms with Gasteiger partial charge in [-0.25, -0.2) is 0 Å². The van der Waals surface area contributed by atoms with Gasteiger partial charge in [0.1, 0.15) is 11.6 Å². The zero-order valence-corrected chi connectivity index (χ0v) is 13.9. The normalized spacial score (nSPS) is 10.4. The molecule has 126 valence electrons. The molecule has 3 aromatic rings. The molecule has 0 bridgehead atoms. The number of nitrogens with one attached hydrogen (secondary N) is 2. The number of methoxy groups -OCH3 is 1. The summed E-state index contributed by atoms with van der Waals surface area (Å²) in [5.41, 5.74) is 1.70. The summed E-state index contributed by atoms with van der Waals surface area (Å²) in [6.07, 6.45) is 1.24. The topological polar surface area (TPSA) is 90.8 Å². The Morgan fingerprint density at radius 3 is 2.84 bits per heavy atom. The van der Waals surface area contributed by atoms with Crippen molar-refractivity contribution in [3.8, 4) is 23.1 Å². The van der Waals surface area contributed by atoms with Crippen LogP contribution in [0.2, 0.25) is 0 Å². The third-order valence-electron chi connectivity index (χ3n) is 3.92. The number of hydrogen-bond donors (Lipinski definition) is 2. The zero-order valence-electron chi connectivity index (χ0n) is 13.9. The standard InChI is InChI=1S/C19H18N4O2/c1-25-17-10-9-14(13-6-2-3-7-15(13)17)16-12-18(23-22-16)21-19(24)8-4-5-11-20/h2-3,6-7,9-10,12H,4-5,8H2,1H3,(H2,21,22,23,24). The molecule has 0 aliphatic heterocycles. The second-order valence-electron chi connectivity index (χ2n) is 5.59. The lowest BCUT2D eigenvalue weighted by atomic mass is 10.0. The van der Waals surface area contributed by atoms with Gasteiger partial charge in [-0.1, -0.05) is 24.3 Å². The van der Waals surface area contributed by atoms with Crippen LogP contribution in [-0.2, 0) is 4.79 Å². The first kappa shape index (κ1) is 16.5. The van der Waals surface area contributed by atoms with Gasteiger partial charge in [0.25, 0.3) is 0 Å². The maximum atomic E-state index is 11.8. The Bertz CT molecular complexity index is 940. The molecule has 1 amide bonds. The van der Waals surface area contributed by atoms with E-state index < -0.39 is 0 Å². The third-order valence-corrected chi connectivity index (χ3v) is 3.92. The number of ether oxygens (including phenoxy) is 1. The molecular weight excluding hydrogens is 316 g/mol. The van der Waals surface area contributed by atoms with Gasteiger partial charge < -0.3 is 10.1 Å². The van der Waals surface area contributed by atoms with Gasteiger partial charge in [-0.3, -0.25) is 9.89 Å². The van der Waals surface area contributed by atoms with Crippen LogP contribution in [0, 0.1) is 11.3 Å². The highest BCUT2D eigenvalue weighted by Crippen LogP contribution is 2.34. The summed E-state index contributed by atoms with van der Waals surface area (Å²) in [7, 11) is 1.65. The number of H-pyrrole nitrogens is 1. The Morgan fingerprint density at radius 2 is 2.08 bits per heavy atom. The molecule has 0 fully saturated rings. The molecule has 25 heavy (non-hydrogen) atoms. The second kappa shape index (κ2) is 7.49. The number of carbonyl (C=O) groups is 1. The number of nitrogens with zero attached hydrogens (tertiary/aromatic N) is 2. The number of hydrogen-bond acceptors (Lipinski definition) is 4. The summed E-state index contributed by atoms with van der Waals surface area (Å²) < 4.78 is 5.41. The maximum absolute atomic E-state index is 11.8. The van der Waals surface area contributed by atoms with Crippen LogP contribution in [0.25, 0.3) is 22.0 Å². The Balaban J connectivity index is 1.85. The molecule has 1 heterocycles. The fourth-order valence-corrected chi connectivity index (χ4v) is 2.74. The fraction of sp³-hybridized carbons (Fsp3) is 0.211. The van der Waals surface area contributed by atoms with Gasteiger partial charge in [-0.2, -0.15) is 10.4 Å². The van der Waals surface area contributed by atoms with Gasteiger partial charge in [0.2, 0.25) is 5.91 Å². The molecule has 0 radical (unpaired) electrons. The monoisotopic (exact) mass is 334 g/mol. The highest BCUT2D eigenvalue weighted by Gasteiger charge is 2.12. The first-order valence-electron chi connectivity index (χ1n) is 8.01. The van der Waals surface area contributed by atoms with Crippen molar-refractivity contribution in [3.63, 3.8) is 0 Å². The summed E-state index contributed by atoms with van der Waals surface area (Å²) in [5.74, 6) is 1.21. The molecule has 0 unspecified atom stereocenters. The number of anilines is 1. The molecule has 0 aliphatic rings. The lowest BCUT2D eigenvalue weighted by Gasteiger charge is -2.08. The first-order chi connectivity index (χ1) is 12.2. The number of aromatic amines is 1. The Hall–Kier alpha value is -3.33. The number of nitriles is 1. The van der Waals surface area contributed by atoms with Crippen LogP contribution in [-0.4, -0.2) is 23.2 Å². The van der Waals surface area contributed by atoms with Crippen LogP contribution in [0.3, 0.4) is 0 Å². The highest BCUT2D eigenvalue weighted by atomic mass is 16.5. The minimum atomic E-state index is -0.134. The summed E-state index contributed by atoms with van der Waals surface area (Å²) >= 11 is 0. The van der Waals surface area contributed by atoms with E-state index in [1.807, 2.05) is 42.5 Å². The average molecular weight is 334 g/mol. The summed E-state index contributed by atoms with van der Waals surface area (Å²) in [6.45, 7) is 0. The molecule has 2 aromatic carbocycles. The van der Waals surface area contributed by atoms with E-state index in [1.165, 1.54) is 0 Å². The van der Waals surface area contributed by atoms with Crippen LogP contribution in [0.4, 0.5) is 5.82 Å². The van der Waals surface area contributed by atoms with Gasteiger partial charge in [-0.15, -0.1) is 0 Å². The molecule has 6 heteroatoms. The number of rotatable bonds is 6. The van der Waals surface area contributed by atoms with Crippen molar-refractivity contribution < 1.29 is 9.53 Å². The van der Waals surface area contributed by atoms with E-state index in [0.29, 0.717) is 25.1 Å². The molecule has 0 aliphatic carbocycles. The van der Waals surface area contributed by atoms with Crippen molar-refractivity contribution in [2.24, 2.45) is 0 Å². The van der Waals surface area contributed by atoms with Gasteiger partial charge in [0.05, 0.1) is 18.9 Å². The Morgan fingerprint density at radius 1 is 1.28 bits per heavy atom. The molecule has 0 saturated carbocycles. The molecule has 3 rings (SSSR count). The van der Waals surface area contributed by atoms with Gasteiger partial charge >= 0.3 is 0 Å².